The van der Waals surface area contributed by atoms with Crippen LogP contribution in [0.4, 0.5) is 0 Å². The van der Waals surface area contributed by atoms with Gasteiger partial charge >= 0.3 is 47.8 Å². The van der Waals surface area contributed by atoms with Crippen LogP contribution in [0.15, 0.2) is 123 Å². The average Bonchev–Trinajstić information content (AvgIpc) is 4.23. The van der Waals surface area contributed by atoms with E-state index in [2.05, 4.69) is 32.4 Å². The summed E-state index contributed by atoms with van der Waals surface area (Å²) in [6.45, 7) is 11.3. The molecule has 2 saturated carbocycles. The predicted molar refractivity (Wildman–Crippen MR) is 292 cm³/mol. The fourth-order valence-electron chi connectivity index (χ4n) is 8.63. The van der Waals surface area contributed by atoms with Crippen LogP contribution in [0.3, 0.4) is 0 Å². The van der Waals surface area contributed by atoms with Gasteiger partial charge in [0.05, 0.1) is 46.6 Å². The maximum absolute atomic E-state index is 13.8. The van der Waals surface area contributed by atoms with Crippen molar-refractivity contribution in [1.82, 2.24) is 4.98 Å². The fourth-order valence-corrected chi connectivity index (χ4v) is 9.76. The Morgan fingerprint density at radius 2 is 0.892 bits per heavy atom. The number of aromatic nitrogens is 1. The second kappa shape index (κ2) is 30.1. The number of nitrogens with zero attached hydrogens (tertiary/aromatic N) is 2. The Balaban J connectivity index is 0.930. The van der Waals surface area contributed by atoms with E-state index in [-0.39, 0.29) is 46.9 Å². The van der Waals surface area contributed by atoms with Gasteiger partial charge in [0, 0.05) is 48.4 Å². The summed E-state index contributed by atoms with van der Waals surface area (Å²) in [5.74, 6) is -6.38. The summed E-state index contributed by atoms with van der Waals surface area (Å²) in [6.07, 6.45) is 6.86. The minimum atomic E-state index is -0.744. The lowest BCUT2D eigenvalue weighted by Gasteiger charge is -2.26. The molecule has 5 aromatic rings. The molecule has 0 N–H and O–H groups in total. The van der Waals surface area contributed by atoms with Crippen LogP contribution in [-0.2, 0) is 68.5 Å². The lowest BCUT2D eigenvalue weighted by molar-refractivity contribution is -0.152. The van der Waals surface area contributed by atoms with Crippen LogP contribution in [0, 0.1) is 35.0 Å². The van der Waals surface area contributed by atoms with E-state index in [1.165, 1.54) is 47.7 Å². The summed E-state index contributed by atoms with van der Waals surface area (Å²) >= 11 is 1.35. The molecular weight excluding hydrogens is 1100 g/mol. The van der Waals surface area contributed by atoms with Crippen LogP contribution in [0.25, 0.3) is 20.8 Å². The maximum atomic E-state index is 13.8. The van der Waals surface area contributed by atoms with Crippen molar-refractivity contribution >= 4 is 69.3 Å². The molecule has 22 nitrogen and oxygen atoms in total. The molecule has 1 heterocycles. The highest BCUT2D eigenvalue weighted by Crippen LogP contribution is 2.40. The summed E-state index contributed by atoms with van der Waals surface area (Å²) in [4.78, 5) is 105. The lowest BCUT2D eigenvalue weighted by Crippen LogP contribution is -2.30. The minimum Gasteiger partial charge on any atom is -0.465 e. The molecule has 2 aliphatic carbocycles. The summed E-state index contributed by atoms with van der Waals surface area (Å²) in [5, 5.41) is 10.00. The van der Waals surface area contributed by atoms with E-state index >= 15 is 0 Å². The number of rotatable bonds is 27. The maximum Gasteiger partial charge on any atom is 0.333 e. The minimum absolute atomic E-state index is 0.0117. The second-order valence-corrected chi connectivity index (χ2v) is 19.3. The lowest BCUT2D eigenvalue weighted by atomic mass is 9.82. The Kier molecular flexibility index (Phi) is 22.1. The number of hydrogen-bond acceptors (Lipinski definition) is 23. The molecule has 0 radical (unpaired) electrons. The third kappa shape index (κ3) is 17.3. The van der Waals surface area contributed by atoms with Crippen LogP contribution in [0.2, 0.25) is 0 Å². The first kappa shape index (κ1) is 60.8. The van der Waals surface area contributed by atoms with Gasteiger partial charge in [0.2, 0.25) is 27.2 Å². The Labute approximate surface area is 479 Å². The van der Waals surface area contributed by atoms with Crippen LogP contribution in [0.1, 0.15) is 62.5 Å². The third-order valence-electron chi connectivity index (χ3n) is 13.1. The van der Waals surface area contributed by atoms with Gasteiger partial charge in [-0.3, -0.25) is 19.2 Å². The molecule has 0 amide bonds. The molecule has 2 aliphatic rings. The number of esters is 8. The molecular formula is C60H56N2O20S. The largest absolute Gasteiger partial charge is 0.465 e. The molecule has 4 aromatic carbocycles. The zero-order valence-electron chi connectivity index (χ0n) is 44.7. The summed E-state index contributed by atoms with van der Waals surface area (Å²) in [6, 6.07) is 20.9. The number of carbonyl (C=O) groups is 8. The summed E-state index contributed by atoms with van der Waals surface area (Å²) in [5.41, 5.74) is 2.39. The SMILES string of the molecule is C=CC(=O)OCOc1ccc(OC(=O)C2CCC(C(=O)OCCc3ccc(OC(=O)C4CCC(C(=O)Oc5ccc(OCOC(=O)C=C)c(OCOC(=O)C=C)c5)CC4)c4nc(-c5ccc(C#N)cc5)sc34)CC2)cc1OCOC(=O)C=C. The first-order chi connectivity index (χ1) is 40.2. The predicted octanol–water partition coefficient (Wildman–Crippen LogP) is 8.91. The zero-order valence-corrected chi connectivity index (χ0v) is 45.6. The molecule has 0 atom stereocenters. The van der Waals surface area contributed by atoms with Crippen LogP contribution < -0.4 is 33.2 Å². The quantitative estimate of drug-likeness (QED) is 0.0156. The van der Waals surface area contributed by atoms with E-state index in [0.29, 0.717) is 78.6 Å². The van der Waals surface area contributed by atoms with Gasteiger partial charge in [-0.2, -0.15) is 5.26 Å². The molecule has 0 aliphatic heterocycles. The third-order valence-corrected chi connectivity index (χ3v) is 14.2. The Hall–Kier alpha value is -9.82. The van der Waals surface area contributed by atoms with Crippen molar-refractivity contribution in [2.24, 2.45) is 23.7 Å². The highest BCUT2D eigenvalue weighted by molar-refractivity contribution is 7.21. The van der Waals surface area contributed by atoms with Crippen molar-refractivity contribution in [2.75, 3.05) is 33.8 Å². The Bertz CT molecular complexity index is 3290. The molecule has 0 spiro atoms. The van der Waals surface area contributed by atoms with Crippen molar-refractivity contribution in [3.8, 4) is 56.9 Å². The van der Waals surface area contributed by atoms with E-state index in [4.69, 9.17) is 61.8 Å². The molecule has 0 unspecified atom stereocenters. The fraction of sp³-hybridized carbons (Fsp3) is 0.300. The Morgan fingerprint density at radius 1 is 0.494 bits per heavy atom. The average molecular weight is 1160 g/mol. The van der Waals surface area contributed by atoms with Crippen molar-refractivity contribution in [3.63, 3.8) is 0 Å². The van der Waals surface area contributed by atoms with Gasteiger partial charge in [0.25, 0.3) is 0 Å². The van der Waals surface area contributed by atoms with Crippen molar-refractivity contribution in [2.45, 2.75) is 57.8 Å². The van der Waals surface area contributed by atoms with Crippen LogP contribution in [0.5, 0.6) is 40.2 Å². The second-order valence-electron chi connectivity index (χ2n) is 18.3. The van der Waals surface area contributed by atoms with E-state index in [0.717, 1.165) is 35.4 Å². The van der Waals surface area contributed by atoms with Crippen molar-refractivity contribution < 1.29 is 95.2 Å². The zero-order chi connectivity index (χ0) is 59.3. The summed E-state index contributed by atoms with van der Waals surface area (Å²) in [7, 11) is 0. The van der Waals surface area contributed by atoms with Gasteiger partial charge in [-0.15, -0.1) is 11.3 Å². The summed E-state index contributed by atoms with van der Waals surface area (Å²) < 4.78 is 65.4. The monoisotopic (exact) mass is 1160 g/mol. The van der Waals surface area contributed by atoms with Gasteiger partial charge < -0.3 is 56.8 Å². The van der Waals surface area contributed by atoms with Gasteiger partial charge in [-0.25, -0.2) is 24.2 Å². The first-order valence-electron chi connectivity index (χ1n) is 25.9. The highest BCUT2D eigenvalue weighted by atomic mass is 32.1. The molecule has 0 saturated heterocycles. The number of benzene rings is 4. The van der Waals surface area contributed by atoms with Gasteiger partial charge in [0.1, 0.15) is 22.0 Å². The molecule has 23 heteroatoms. The van der Waals surface area contributed by atoms with E-state index in [9.17, 15) is 43.6 Å². The van der Waals surface area contributed by atoms with Gasteiger partial charge in [-0.05, 0) is 99.4 Å². The number of thiazole rings is 1. The standard InChI is InChI=1S/C60H56N2O20S/c1-5-50(63)76-32-72-45-25-22-43(29-48(45)74-34-78-52(65)7-3)80-58(68)40-15-13-39(14-16-40)57(67)71-28-27-37-21-24-47(54-55(37)83-56(62-54)38-11-9-36(31-61)10-12-38)82-60(70)42-19-17-41(18-20-42)59(69)81-44-23-26-46(73-33-77-51(64)6-2)49(30-44)75-35-79-53(66)8-4/h5-12,21-26,29-30,39-42H,1-4,13-20,27-28,32-35H2. The number of ether oxygens (including phenoxy) is 12. The first-order valence-corrected chi connectivity index (χ1v) is 26.7. The molecule has 0 bridgehead atoms. The molecule has 1 aromatic heterocycles. The van der Waals surface area contributed by atoms with Gasteiger partial charge in [-0.1, -0.05) is 44.5 Å². The number of nitriles is 1. The van der Waals surface area contributed by atoms with E-state index in [1.54, 1.807) is 36.4 Å². The van der Waals surface area contributed by atoms with Crippen LogP contribution >= 0.6 is 11.3 Å². The normalized spacial score (nSPS) is 16.2. The van der Waals surface area contributed by atoms with E-state index < -0.39 is 98.6 Å². The van der Waals surface area contributed by atoms with Gasteiger partial charge in [0.15, 0.2) is 28.7 Å². The van der Waals surface area contributed by atoms with Crippen molar-refractivity contribution in [3.05, 3.63) is 135 Å². The number of hydrogen-bond donors (Lipinski definition) is 0. The molecule has 432 valence electrons. The molecule has 83 heavy (non-hydrogen) atoms. The number of carbonyl (C=O) groups excluding carboxylic acids is 8. The smallest absolute Gasteiger partial charge is 0.333 e. The number of fused-ring (bicyclic) bond motifs is 1. The van der Waals surface area contributed by atoms with Crippen LogP contribution in [-0.4, -0.2) is 86.5 Å². The topological polar surface area (TPSA) is 284 Å². The molecule has 7 rings (SSSR count). The Morgan fingerprint density at radius 3 is 1.31 bits per heavy atom. The van der Waals surface area contributed by atoms with E-state index in [1.807, 2.05) is 0 Å². The highest BCUT2D eigenvalue weighted by Gasteiger charge is 2.34. The molecule has 2 fully saturated rings. The van der Waals surface area contributed by atoms with Crippen molar-refractivity contribution in [1.29, 1.82) is 5.26 Å².